The van der Waals surface area contributed by atoms with Crippen LogP contribution < -0.4 is 0 Å². The highest BCUT2D eigenvalue weighted by Crippen LogP contribution is 2.18. The Kier molecular flexibility index (Phi) is 4.90. The molecule has 2 heterocycles. The van der Waals surface area contributed by atoms with Gasteiger partial charge in [-0.15, -0.1) is 10.2 Å². The maximum atomic E-state index is 10.6. The highest BCUT2D eigenvalue weighted by Gasteiger charge is 2.17. The molecule has 0 aliphatic carbocycles. The first-order valence-electron chi connectivity index (χ1n) is 6.78. The number of nitrogens with zero attached hydrogens (tertiary/aromatic N) is 2. The number of aliphatic carboxylic acids is 1. The van der Waals surface area contributed by atoms with Gasteiger partial charge in [0.15, 0.2) is 0 Å². The molecule has 0 bridgehead atoms. The molecule has 19 heavy (non-hydrogen) atoms. The van der Waals surface area contributed by atoms with Crippen molar-refractivity contribution in [1.29, 1.82) is 0 Å². The van der Waals surface area contributed by atoms with Crippen LogP contribution in [-0.2, 0) is 22.4 Å². The minimum atomic E-state index is -0.800. The summed E-state index contributed by atoms with van der Waals surface area (Å²) in [5, 5.41) is 16.6. The van der Waals surface area contributed by atoms with E-state index >= 15 is 0 Å². The Morgan fingerprint density at radius 1 is 1.47 bits per heavy atom. The lowest BCUT2D eigenvalue weighted by atomic mass is 10.0. The van der Waals surface area contributed by atoms with Crippen molar-refractivity contribution in [3.63, 3.8) is 0 Å². The molecule has 1 aliphatic rings. The Balaban J connectivity index is 1.76. The Morgan fingerprint density at radius 3 is 2.95 bits per heavy atom. The van der Waals surface area contributed by atoms with Crippen molar-refractivity contribution in [2.75, 3.05) is 6.61 Å². The molecule has 1 aliphatic heterocycles. The quantitative estimate of drug-likeness (QED) is 0.812. The Hall–Kier alpha value is -1.43. The number of carboxylic acid groups (broad SMARTS) is 1. The Bertz CT molecular complexity index is 413. The van der Waals surface area contributed by atoms with Crippen LogP contribution in [0, 0.1) is 5.92 Å². The molecule has 0 spiro atoms. The van der Waals surface area contributed by atoms with E-state index in [4.69, 9.17) is 14.3 Å². The largest absolute Gasteiger partial charge is 0.481 e. The van der Waals surface area contributed by atoms with E-state index in [0.717, 1.165) is 32.3 Å². The van der Waals surface area contributed by atoms with Crippen molar-refractivity contribution in [3.8, 4) is 0 Å². The number of hydrogen-bond acceptors (Lipinski definition) is 5. The molecule has 0 amide bonds. The first kappa shape index (κ1) is 14.0. The van der Waals surface area contributed by atoms with E-state index in [1.807, 2.05) is 6.92 Å². The number of hydrogen-bond donors (Lipinski definition) is 1. The second-order valence-corrected chi connectivity index (χ2v) is 5.17. The fraction of sp³-hybridized carbons (Fsp3) is 0.769. The van der Waals surface area contributed by atoms with E-state index in [9.17, 15) is 4.79 Å². The zero-order valence-corrected chi connectivity index (χ0v) is 11.2. The number of carboxylic acids is 1. The molecule has 0 radical (unpaired) electrons. The zero-order valence-electron chi connectivity index (χ0n) is 11.2. The number of carbonyl (C=O) groups is 1. The van der Waals surface area contributed by atoms with Crippen LogP contribution in [0.3, 0.4) is 0 Å². The summed E-state index contributed by atoms with van der Waals surface area (Å²) in [6.07, 6.45) is 4.83. The summed E-state index contributed by atoms with van der Waals surface area (Å²) in [6.45, 7) is 2.72. The van der Waals surface area contributed by atoms with Gasteiger partial charge in [0.2, 0.25) is 11.8 Å². The molecule has 0 aromatic carbocycles. The molecule has 6 heteroatoms. The SMILES string of the molecule is CC(CC(=O)O)Cc1nnc(CCC2CCCO2)o1. The van der Waals surface area contributed by atoms with Gasteiger partial charge in [-0.25, -0.2) is 0 Å². The van der Waals surface area contributed by atoms with Crippen LogP contribution in [0.4, 0.5) is 0 Å². The molecular formula is C13H20N2O4. The molecule has 6 nitrogen and oxygen atoms in total. The predicted octanol–water partition coefficient (Wildman–Crippen LogP) is 1.83. The maximum Gasteiger partial charge on any atom is 0.303 e. The van der Waals surface area contributed by atoms with Gasteiger partial charge in [-0.2, -0.15) is 0 Å². The summed E-state index contributed by atoms with van der Waals surface area (Å²) in [4.78, 5) is 10.6. The van der Waals surface area contributed by atoms with E-state index < -0.39 is 5.97 Å². The molecule has 1 aromatic rings. The Labute approximate surface area is 112 Å². The van der Waals surface area contributed by atoms with Crippen molar-refractivity contribution >= 4 is 5.97 Å². The number of aromatic nitrogens is 2. The molecule has 2 rings (SSSR count). The van der Waals surface area contributed by atoms with Crippen molar-refractivity contribution in [2.24, 2.45) is 5.92 Å². The fourth-order valence-corrected chi connectivity index (χ4v) is 2.30. The smallest absolute Gasteiger partial charge is 0.303 e. The molecular weight excluding hydrogens is 248 g/mol. The summed E-state index contributed by atoms with van der Waals surface area (Å²) in [7, 11) is 0. The minimum Gasteiger partial charge on any atom is -0.481 e. The molecule has 1 N–H and O–H groups in total. The fourth-order valence-electron chi connectivity index (χ4n) is 2.30. The van der Waals surface area contributed by atoms with Gasteiger partial charge in [-0.1, -0.05) is 6.92 Å². The second-order valence-electron chi connectivity index (χ2n) is 5.17. The van der Waals surface area contributed by atoms with Gasteiger partial charge < -0.3 is 14.3 Å². The molecule has 1 fully saturated rings. The van der Waals surface area contributed by atoms with Gasteiger partial charge in [-0.05, 0) is 25.2 Å². The average molecular weight is 268 g/mol. The van der Waals surface area contributed by atoms with Crippen LogP contribution in [0.15, 0.2) is 4.42 Å². The number of aryl methyl sites for hydroxylation is 1. The van der Waals surface area contributed by atoms with Crippen molar-refractivity contribution in [1.82, 2.24) is 10.2 Å². The average Bonchev–Trinajstić information content (AvgIpc) is 2.95. The molecule has 1 aromatic heterocycles. The lowest BCUT2D eigenvalue weighted by Gasteiger charge is -2.06. The van der Waals surface area contributed by atoms with Crippen LogP contribution in [0.1, 0.15) is 44.4 Å². The van der Waals surface area contributed by atoms with E-state index in [-0.39, 0.29) is 12.3 Å². The highest BCUT2D eigenvalue weighted by atomic mass is 16.5. The normalized spacial score (nSPS) is 20.6. The second kappa shape index (κ2) is 6.65. The minimum absolute atomic E-state index is 0.00367. The summed E-state index contributed by atoms with van der Waals surface area (Å²) in [6, 6.07) is 0. The third-order valence-electron chi connectivity index (χ3n) is 3.26. The maximum absolute atomic E-state index is 10.6. The summed E-state index contributed by atoms with van der Waals surface area (Å²) in [5.41, 5.74) is 0. The van der Waals surface area contributed by atoms with Gasteiger partial charge >= 0.3 is 5.97 Å². The van der Waals surface area contributed by atoms with Crippen molar-refractivity contribution in [2.45, 2.75) is 51.6 Å². The lowest BCUT2D eigenvalue weighted by Crippen LogP contribution is -2.07. The van der Waals surface area contributed by atoms with Crippen LogP contribution >= 0.6 is 0 Å². The van der Waals surface area contributed by atoms with Crippen LogP contribution in [0.25, 0.3) is 0 Å². The molecule has 0 saturated carbocycles. The van der Waals surface area contributed by atoms with Gasteiger partial charge in [0.05, 0.1) is 6.10 Å². The molecule has 106 valence electrons. The van der Waals surface area contributed by atoms with Gasteiger partial charge in [0.1, 0.15) is 0 Å². The van der Waals surface area contributed by atoms with Crippen molar-refractivity contribution in [3.05, 3.63) is 11.8 Å². The Morgan fingerprint density at radius 2 is 2.26 bits per heavy atom. The van der Waals surface area contributed by atoms with Gasteiger partial charge in [-0.3, -0.25) is 4.79 Å². The lowest BCUT2D eigenvalue weighted by molar-refractivity contribution is -0.137. The monoisotopic (exact) mass is 268 g/mol. The van der Waals surface area contributed by atoms with Crippen molar-refractivity contribution < 1.29 is 19.1 Å². The van der Waals surface area contributed by atoms with Crippen LogP contribution in [0.2, 0.25) is 0 Å². The summed E-state index contributed by atoms with van der Waals surface area (Å²) < 4.78 is 11.1. The predicted molar refractivity (Wildman–Crippen MR) is 66.7 cm³/mol. The summed E-state index contributed by atoms with van der Waals surface area (Å²) in [5.74, 6) is 0.346. The van der Waals surface area contributed by atoms with E-state index in [2.05, 4.69) is 10.2 Å². The topological polar surface area (TPSA) is 85.5 Å². The highest BCUT2D eigenvalue weighted by molar-refractivity contribution is 5.66. The summed E-state index contributed by atoms with van der Waals surface area (Å²) >= 11 is 0. The van der Waals surface area contributed by atoms with Crippen LogP contribution in [0.5, 0.6) is 0 Å². The molecule has 2 unspecified atom stereocenters. The van der Waals surface area contributed by atoms with E-state index in [0.29, 0.717) is 24.3 Å². The first-order valence-corrected chi connectivity index (χ1v) is 6.78. The standard InChI is InChI=1S/C13H20N2O4/c1-9(8-13(16)17)7-12-15-14-11(19-12)5-4-10-3-2-6-18-10/h9-10H,2-8H2,1H3,(H,16,17). The van der Waals surface area contributed by atoms with Crippen LogP contribution in [-0.4, -0.2) is 34.0 Å². The van der Waals surface area contributed by atoms with Gasteiger partial charge in [0, 0.05) is 25.9 Å². The molecule has 1 saturated heterocycles. The van der Waals surface area contributed by atoms with E-state index in [1.165, 1.54) is 0 Å². The number of ether oxygens (including phenoxy) is 1. The third kappa shape index (κ3) is 4.63. The molecule has 2 atom stereocenters. The number of rotatable bonds is 7. The van der Waals surface area contributed by atoms with E-state index in [1.54, 1.807) is 0 Å². The first-order chi connectivity index (χ1) is 9.13. The zero-order chi connectivity index (χ0) is 13.7. The third-order valence-corrected chi connectivity index (χ3v) is 3.26. The van der Waals surface area contributed by atoms with Gasteiger partial charge in [0.25, 0.3) is 0 Å².